The summed E-state index contributed by atoms with van der Waals surface area (Å²) in [7, 11) is 1.56. The maximum Gasteiger partial charge on any atom is 0.254 e. The van der Waals surface area contributed by atoms with Crippen LogP contribution in [-0.2, 0) is 22.6 Å². The third-order valence-electron chi connectivity index (χ3n) is 3.39. The summed E-state index contributed by atoms with van der Waals surface area (Å²) < 4.78 is 5.26. The normalized spacial score (nSPS) is 11.4. The van der Waals surface area contributed by atoms with E-state index in [1.807, 2.05) is 31.2 Å². The van der Waals surface area contributed by atoms with Crippen molar-refractivity contribution in [3.63, 3.8) is 0 Å². The fourth-order valence-electron chi connectivity index (χ4n) is 1.91. The van der Waals surface area contributed by atoms with Gasteiger partial charge in [0.1, 0.15) is 5.60 Å². The van der Waals surface area contributed by atoms with Crippen molar-refractivity contribution in [1.82, 2.24) is 4.90 Å². The van der Waals surface area contributed by atoms with Crippen LogP contribution in [0.15, 0.2) is 24.3 Å². The highest BCUT2D eigenvalue weighted by atomic mass is 16.5. The maximum atomic E-state index is 12.4. The van der Waals surface area contributed by atoms with E-state index in [-0.39, 0.29) is 5.91 Å². The summed E-state index contributed by atoms with van der Waals surface area (Å²) in [5.41, 5.74) is 7.09. The molecule has 0 saturated carbocycles. The Bertz CT molecular complexity index is 430. The van der Waals surface area contributed by atoms with E-state index in [1.54, 1.807) is 25.9 Å². The van der Waals surface area contributed by atoms with Gasteiger partial charge in [0.15, 0.2) is 0 Å². The number of benzene rings is 1. The molecule has 19 heavy (non-hydrogen) atoms. The maximum absolute atomic E-state index is 12.4. The van der Waals surface area contributed by atoms with E-state index in [1.165, 1.54) is 0 Å². The van der Waals surface area contributed by atoms with E-state index in [0.29, 0.717) is 19.6 Å². The average Bonchev–Trinajstić information content (AvgIpc) is 2.44. The van der Waals surface area contributed by atoms with Crippen LogP contribution in [0.5, 0.6) is 0 Å². The predicted octanol–water partition coefficient (Wildman–Crippen LogP) is 1.92. The van der Waals surface area contributed by atoms with Crippen LogP contribution in [0.4, 0.5) is 0 Å². The van der Waals surface area contributed by atoms with Gasteiger partial charge in [-0.1, -0.05) is 24.3 Å². The fraction of sp³-hybridized carbons (Fsp3) is 0.533. The minimum Gasteiger partial charge on any atom is -0.369 e. The Morgan fingerprint density at radius 3 is 2.37 bits per heavy atom. The SMILES string of the molecule is CCN(Cc1ccccc1CN)C(=O)C(C)(C)OC. The topological polar surface area (TPSA) is 55.6 Å². The lowest BCUT2D eigenvalue weighted by Crippen LogP contribution is -2.46. The van der Waals surface area contributed by atoms with Crippen LogP contribution < -0.4 is 5.73 Å². The lowest BCUT2D eigenvalue weighted by molar-refractivity contribution is -0.151. The van der Waals surface area contributed by atoms with E-state index >= 15 is 0 Å². The molecule has 0 aliphatic carbocycles. The highest BCUT2D eigenvalue weighted by Crippen LogP contribution is 2.17. The number of methoxy groups -OCH3 is 1. The smallest absolute Gasteiger partial charge is 0.254 e. The number of hydrogen-bond acceptors (Lipinski definition) is 3. The molecule has 0 aliphatic heterocycles. The molecule has 1 rings (SSSR count). The lowest BCUT2D eigenvalue weighted by atomic mass is 10.0. The molecule has 0 atom stereocenters. The number of amides is 1. The number of carbonyl (C=O) groups is 1. The summed E-state index contributed by atoms with van der Waals surface area (Å²) in [6.45, 7) is 7.23. The Balaban J connectivity index is 2.91. The molecule has 0 fully saturated rings. The molecule has 4 heteroatoms. The minimum absolute atomic E-state index is 0.00988. The van der Waals surface area contributed by atoms with Crippen LogP contribution in [0.25, 0.3) is 0 Å². The highest BCUT2D eigenvalue weighted by molar-refractivity contribution is 5.84. The van der Waals surface area contributed by atoms with Crippen LogP contribution in [-0.4, -0.2) is 30.1 Å². The molecule has 0 aliphatic rings. The van der Waals surface area contributed by atoms with Crippen LogP contribution in [0.3, 0.4) is 0 Å². The molecule has 0 saturated heterocycles. The molecule has 0 spiro atoms. The number of carbonyl (C=O) groups excluding carboxylic acids is 1. The first-order valence-corrected chi connectivity index (χ1v) is 6.57. The number of hydrogen-bond donors (Lipinski definition) is 1. The van der Waals surface area contributed by atoms with Crippen molar-refractivity contribution >= 4 is 5.91 Å². The van der Waals surface area contributed by atoms with Crippen LogP contribution in [0.1, 0.15) is 31.9 Å². The highest BCUT2D eigenvalue weighted by Gasteiger charge is 2.31. The van der Waals surface area contributed by atoms with E-state index < -0.39 is 5.60 Å². The first-order valence-electron chi connectivity index (χ1n) is 6.57. The number of rotatable bonds is 6. The molecular weight excluding hydrogens is 240 g/mol. The Labute approximate surface area is 115 Å². The summed E-state index contributed by atoms with van der Waals surface area (Å²) in [4.78, 5) is 14.2. The van der Waals surface area contributed by atoms with E-state index in [0.717, 1.165) is 11.1 Å². The standard InChI is InChI=1S/C15H24N2O2/c1-5-17(14(18)15(2,3)19-4)11-13-9-7-6-8-12(13)10-16/h6-9H,5,10-11,16H2,1-4H3. The van der Waals surface area contributed by atoms with Gasteiger partial charge in [0.2, 0.25) is 0 Å². The second-order valence-electron chi connectivity index (χ2n) is 5.01. The molecule has 1 aromatic carbocycles. The van der Waals surface area contributed by atoms with Crippen molar-refractivity contribution in [3.8, 4) is 0 Å². The van der Waals surface area contributed by atoms with E-state index in [9.17, 15) is 4.79 Å². The van der Waals surface area contributed by atoms with Crippen molar-refractivity contribution in [2.45, 2.75) is 39.5 Å². The molecule has 0 bridgehead atoms. The van der Waals surface area contributed by atoms with E-state index in [4.69, 9.17) is 10.5 Å². The van der Waals surface area contributed by atoms with Crippen molar-refractivity contribution in [3.05, 3.63) is 35.4 Å². The first kappa shape index (κ1) is 15.7. The van der Waals surface area contributed by atoms with Gasteiger partial charge in [-0.15, -0.1) is 0 Å². The van der Waals surface area contributed by atoms with Crippen molar-refractivity contribution in [2.24, 2.45) is 5.73 Å². The summed E-state index contributed by atoms with van der Waals surface area (Å²) in [6.07, 6.45) is 0. The zero-order valence-corrected chi connectivity index (χ0v) is 12.3. The minimum atomic E-state index is -0.798. The molecule has 0 radical (unpaired) electrons. The van der Waals surface area contributed by atoms with Crippen LogP contribution >= 0.6 is 0 Å². The van der Waals surface area contributed by atoms with Gasteiger partial charge in [-0.05, 0) is 31.9 Å². The molecule has 1 aromatic rings. The van der Waals surface area contributed by atoms with Gasteiger partial charge in [0.05, 0.1) is 0 Å². The number of ether oxygens (including phenoxy) is 1. The van der Waals surface area contributed by atoms with Crippen LogP contribution in [0, 0.1) is 0 Å². The van der Waals surface area contributed by atoms with Crippen LogP contribution in [0.2, 0.25) is 0 Å². The van der Waals surface area contributed by atoms with Crippen molar-refractivity contribution in [1.29, 1.82) is 0 Å². The lowest BCUT2D eigenvalue weighted by Gasteiger charge is -2.30. The second-order valence-corrected chi connectivity index (χ2v) is 5.01. The molecule has 0 aromatic heterocycles. The molecule has 106 valence electrons. The van der Waals surface area contributed by atoms with Gasteiger partial charge < -0.3 is 15.4 Å². The Morgan fingerprint density at radius 1 is 1.32 bits per heavy atom. The molecular formula is C15H24N2O2. The average molecular weight is 264 g/mol. The summed E-state index contributed by atoms with van der Waals surface area (Å²) in [5.74, 6) is -0.00988. The number of nitrogens with zero attached hydrogens (tertiary/aromatic N) is 1. The van der Waals surface area contributed by atoms with E-state index in [2.05, 4.69) is 0 Å². The molecule has 1 amide bonds. The molecule has 0 heterocycles. The van der Waals surface area contributed by atoms with Gasteiger partial charge in [0, 0.05) is 26.7 Å². The third-order valence-corrected chi connectivity index (χ3v) is 3.39. The van der Waals surface area contributed by atoms with Gasteiger partial charge >= 0.3 is 0 Å². The van der Waals surface area contributed by atoms with Crippen molar-refractivity contribution < 1.29 is 9.53 Å². The quantitative estimate of drug-likeness (QED) is 0.854. The Kier molecular flexibility index (Phi) is 5.51. The number of nitrogens with two attached hydrogens (primary N) is 1. The monoisotopic (exact) mass is 264 g/mol. The third kappa shape index (κ3) is 3.78. The molecule has 2 N–H and O–H groups in total. The predicted molar refractivity (Wildman–Crippen MR) is 76.5 cm³/mol. The molecule has 0 unspecified atom stereocenters. The van der Waals surface area contributed by atoms with Gasteiger partial charge in [-0.2, -0.15) is 0 Å². The zero-order valence-electron chi connectivity index (χ0n) is 12.3. The first-order chi connectivity index (χ1) is 8.96. The summed E-state index contributed by atoms with van der Waals surface area (Å²) in [6, 6.07) is 7.93. The Hall–Kier alpha value is -1.39. The summed E-state index contributed by atoms with van der Waals surface area (Å²) >= 11 is 0. The second kappa shape index (κ2) is 6.68. The largest absolute Gasteiger partial charge is 0.369 e. The zero-order chi connectivity index (χ0) is 14.5. The van der Waals surface area contributed by atoms with Gasteiger partial charge in [-0.25, -0.2) is 0 Å². The van der Waals surface area contributed by atoms with Gasteiger partial charge in [-0.3, -0.25) is 4.79 Å². The molecule has 4 nitrogen and oxygen atoms in total. The summed E-state index contributed by atoms with van der Waals surface area (Å²) in [5, 5.41) is 0. The number of likely N-dealkylation sites (N-methyl/N-ethyl adjacent to an activating group) is 1. The fourth-order valence-corrected chi connectivity index (χ4v) is 1.91. The van der Waals surface area contributed by atoms with Crippen molar-refractivity contribution in [2.75, 3.05) is 13.7 Å². The van der Waals surface area contributed by atoms with Gasteiger partial charge in [0.25, 0.3) is 5.91 Å². The Morgan fingerprint density at radius 2 is 1.89 bits per heavy atom.